The molecule has 0 unspecified atom stereocenters. The van der Waals surface area contributed by atoms with E-state index in [0.29, 0.717) is 5.69 Å². The zero-order valence-corrected chi connectivity index (χ0v) is 18.0. The van der Waals surface area contributed by atoms with Crippen molar-refractivity contribution in [3.8, 4) is 0 Å². The van der Waals surface area contributed by atoms with Crippen molar-refractivity contribution in [2.45, 2.75) is 18.7 Å². The predicted octanol–water partition coefficient (Wildman–Crippen LogP) is 4.98. The van der Waals surface area contributed by atoms with E-state index in [1.807, 2.05) is 38.1 Å². The Hall–Kier alpha value is -3.58. The number of hydrogen-bond acceptors (Lipinski definition) is 4. The van der Waals surface area contributed by atoms with Crippen molar-refractivity contribution in [1.29, 1.82) is 0 Å². The van der Waals surface area contributed by atoms with Gasteiger partial charge in [0.25, 0.3) is 5.91 Å². The second-order valence-corrected chi connectivity index (χ2v) is 7.97. The summed E-state index contributed by atoms with van der Waals surface area (Å²) in [5.74, 6) is -1.58. The number of rotatable bonds is 7. The number of nitrogens with one attached hydrogen (secondary N) is 2. The van der Waals surface area contributed by atoms with Crippen LogP contribution in [0.3, 0.4) is 0 Å². The molecule has 158 valence electrons. The standard InChI is InChI=1S/C24H22N2O4S/c1-15-7-5-12-21(16(15)2)26-22(27)14-31-18-9-6-8-17(13-18)25-23(28)19-10-3-4-11-20(19)24(29)30/h3-13H,14H2,1-2H3,(H,25,28)(H,26,27)(H,29,30). The van der Waals surface area contributed by atoms with E-state index in [1.54, 1.807) is 30.3 Å². The lowest BCUT2D eigenvalue weighted by Crippen LogP contribution is -2.16. The number of aromatic carboxylic acids is 1. The van der Waals surface area contributed by atoms with Gasteiger partial charge in [-0.1, -0.05) is 30.3 Å². The summed E-state index contributed by atoms with van der Waals surface area (Å²) in [5, 5.41) is 14.9. The second kappa shape index (κ2) is 9.95. The molecule has 0 atom stereocenters. The van der Waals surface area contributed by atoms with Crippen molar-refractivity contribution in [2.24, 2.45) is 0 Å². The third-order valence-electron chi connectivity index (χ3n) is 4.74. The van der Waals surface area contributed by atoms with Gasteiger partial charge in [0.1, 0.15) is 0 Å². The van der Waals surface area contributed by atoms with Gasteiger partial charge in [0.2, 0.25) is 5.91 Å². The molecule has 7 heteroatoms. The van der Waals surface area contributed by atoms with Gasteiger partial charge in [-0.3, -0.25) is 9.59 Å². The van der Waals surface area contributed by atoms with E-state index in [1.165, 1.54) is 23.9 Å². The molecule has 31 heavy (non-hydrogen) atoms. The number of amides is 2. The first-order chi connectivity index (χ1) is 14.8. The van der Waals surface area contributed by atoms with E-state index in [2.05, 4.69) is 10.6 Å². The SMILES string of the molecule is Cc1cccc(NC(=O)CSc2cccc(NC(=O)c3ccccc3C(=O)O)c2)c1C. The minimum Gasteiger partial charge on any atom is -0.478 e. The molecule has 0 spiro atoms. The molecular weight excluding hydrogens is 412 g/mol. The molecule has 0 radical (unpaired) electrons. The van der Waals surface area contributed by atoms with E-state index in [-0.39, 0.29) is 22.8 Å². The van der Waals surface area contributed by atoms with Crippen molar-refractivity contribution in [3.05, 3.63) is 89.0 Å². The summed E-state index contributed by atoms with van der Waals surface area (Å²) in [4.78, 5) is 37.0. The first-order valence-corrected chi connectivity index (χ1v) is 10.6. The molecule has 0 heterocycles. The maximum absolute atomic E-state index is 12.5. The summed E-state index contributed by atoms with van der Waals surface area (Å²) < 4.78 is 0. The van der Waals surface area contributed by atoms with Crippen molar-refractivity contribution in [2.75, 3.05) is 16.4 Å². The van der Waals surface area contributed by atoms with Crippen LogP contribution in [-0.4, -0.2) is 28.6 Å². The normalized spacial score (nSPS) is 10.4. The van der Waals surface area contributed by atoms with Gasteiger partial charge >= 0.3 is 5.97 Å². The van der Waals surface area contributed by atoms with E-state index in [0.717, 1.165) is 21.7 Å². The smallest absolute Gasteiger partial charge is 0.336 e. The number of carboxylic acid groups (broad SMARTS) is 1. The molecule has 3 aromatic carbocycles. The Bertz CT molecular complexity index is 1140. The van der Waals surface area contributed by atoms with Crippen molar-refractivity contribution >= 4 is 40.9 Å². The van der Waals surface area contributed by atoms with Gasteiger partial charge in [0, 0.05) is 16.3 Å². The Labute approximate surface area is 184 Å². The van der Waals surface area contributed by atoms with Gasteiger partial charge in [-0.15, -0.1) is 11.8 Å². The van der Waals surface area contributed by atoms with Crippen LogP contribution in [-0.2, 0) is 4.79 Å². The molecule has 3 N–H and O–H groups in total. The van der Waals surface area contributed by atoms with E-state index in [9.17, 15) is 19.5 Å². The van der Waals surface area contributed by atoms with Gasteiger partial charge in [0.15, 0.2) is 0 Å². The maximum atomic E-state index is 12.5. The van der Waals surface area contributed by atoms with Crippen LogP contribution in [0.1, 0.15) is 31.8 Å². The van der Waals surface area contributed by atoms with Crippen LogP contribution in [0.2, 0.25) is 0 Å². The molecular formula is C24H22N2O4S. The second-order valence-electron chi connectivity index (χ2n) is 6.92. The van der Waals surface area contributed by atoms with Gasteiger partial charge in [-0.2, -0.15) is 0 Å². The Morgan fingerprint density at radius 1 is 0.871 bits per heavy atom. The van der Waals surface area contributed by atoms with E-state index >= 15 is 0 Å². The molecule has 0 saturated carbocycles. The molecule has 0 aliphatic heterocycles. The molecule has 6 nitrogen and oxygen atoms in total. The highest BCUT2D eigenvalue weighted by Crippen LogP contribution is 2.24. The maximum Gasteiger partial charge on any atom is 0.336 e. The van der Waals surface area contributed by atoms with Gasteiger partial charge in [-0.25, -0.2) is 4.79 Å². The lowest BCUT2D eigenvalue weighted by molar-refractivity contribution is -0.113. The number of hydrogen-bond donors (Lipinski definition) is 3. The monoisotopic (exact) mass is 434 g/mol. The fourth-order valence-corrected chi connectivity index (χ4v) is 3.71. The number of anilines is 2. The first kappa shape index (κ1) is 22.1. The number of carbonyl (C=O) groups excluding carboxylic acids is 2. The average Bonchev–Trinajstić information content (AvgIpc) is 2.76. The minimum absolute atomic E-state index is 0.0614. The number of carbonyl (C=O) groups is 3. The zero-order chi connectivity index (χ0) is 22.4. The lowest BCUT2D eigenvalue weighted by atomic mass is 10.1. The Morgan fingerprint density at radius 3 is 2.32 bits per heavy atom. The molecule has 3 aromatic rings. The molecule has 0 aliphatic carbocycles. The number of benzene rings is 3. The minimum atomic E-state index is -1.16. The number of aryl methyl sites for hydroxylation is 1. The van der Waals surface area contributed by atoms with Crippen molar-refractivity contribution < 1.29 is 19.5 Å². The highest BCUT2D eigenvalue weighted by molar-refractivity contribution is 8.00. The third-order valence-corrected chi connectivity index (χ3v) is 5.74. The average molecular weight is 435 g/mol. The quantitative estimate of drug-likeness (QED) is 0.456. The van der Waals surface area contributed by atoms with Gasteiger partial charge in [-0.05, 0) is 61.4 Å². The summed E-state index contributed by atoms with van der Waals surface area (Å²) in [6, 6.07) is 18.9. The van der Waals surface area contributed by atoms with Crippen LogP contribution >= 0.6 is 11.8 Å². The highest BCUT2D eigenvalue weighted by Gasteiger charge is 2.16. The summed E-state index contributed by atoms with van der Waals surface area (Å²) in [7, 11) is 0. The van der Waals surface area contributed by atoms with Crippen LogP contribution in [0.15, 0.2) is 71.6 Å². The fraction of sp³-hybridized carbons (Fsp3) is 0.125. The Balaban J connectivity index is 1.63. The fourth-order valence-electron chi connectivity index (χ4n) is 2.95. The van der Waals surface area contributed by atoms with Gasteiger partial charge in [0.05, 0.1) is 16.9 Å². The zero-order valence-electron chi connectivity index (χ0n) is 17.1. The van der Waals surface area contributed by atoms with Crippen LogP contribution in [0, 0.1) is 13.8 Å². The van der Waals surface area contributed by atoms with Gasteiger partial charge < -0.3 is 15.7 Å². The Morgan fingerprint density at radius 2 is 1.58 bits per heavy atom. The van der Waals surface area contributed by atoms with Crippen LogP contribution in [0.5, 0.6) is 0 Å². The summed E-state index contributed by atoms with van der Waals surface area (Å²) >= 11 is 1.35. The largest absolute Gasteiger partial charge is 0.478 e. The predicted molar refractivity (Wildman–Crippen MR) is 123 cm³/mol. The van der Waals surface area contributed by atoms with Crippen LogP contribution < -0.4 is 10.6 Å². The number of thioether (sulfide) groups is 1. The Kier molecular flexibility index (Phi) is 7.10. The summed E-state index contributed by atoms with van der Waals surface area (Å²) in [6.45, 7) is 3.96. The summed E-state index contributed by atoms with van der Waals surface area (Å²) in [5.41, 5.74) is 3.48. The van der Waals surface area contributed by atoms with Crippen LogP contribution in [0.25, 0.3) is 0 Å². The molecule has 3 rings (SSSR count). The summed E-state index contributed by atoms with van der Waals surface area (Å²) in [6.07, 6.45) is 0. The van der Waals surface area contributed by atoms with E-state index < -0.39 is 11.9 Å². The number of carboxylic acids is 1. The molecule has 0 aromatic heterocycles. The molecule has 0 fully saturated rings. The van der Waals surface area contributed by atoms with Crippen LogP contribution in [0.4, 0.5) is 11.4 Å². The van der Waals surface area contributed by atoms with E-state index in [4.69, 9.17) is 0 Å². The van der Waals surface area contributed by atoms with Crippen molar-refractivity contribution in [1.82, 2.24) is 0 Å². The third kappa shape index (κ3) is 5.73. The highest BCUT2D eigenvalue weighted by atomic mass is 32.2. The molecule has 2 amide bonds. The molecule has 0 aliphatic rings. The molecule has 0 saturated heterocycles. The lowest BCUT2D eigenvalue weighted by Gasteiger charge is -2.11. The topological polar surface area (TPSA) is 95.5 Å². The van der Waals surface area contributed by atoms with Crippen molar-refractivity contribution in [3.63, 3.8) is 0 Å². The molecule has 0 bridgehead atoms. The first-order valence-electron chi connectivity index (χ1n) is 9.58.